The number of hydrogen-bond donors (Lipinski definition) is 1. The molecule has 106 valence electrons. The zero-order chi connectivity index (χ0) is 13.7. The van der Waals surface area contributed by atoms with Gasteiger partial charge in [-0.05, 0) is 24.8 Å². The van der Waals surface area contributed by atoms with Gasteiger partial charge in [-0.3, -0.25) is 0 Å². The van der Waals surface area contributed by atoms with Crippen molar-refractivity contribution in [2.45, 2.75) is 39.4 Å². The Morgan fingerprint density at radius 2 is 1.95 bits per heavy atom. The molecular formula is C16H24O3. The number of benzene rings is 1. The topological polar surface area (TPSA) is 38.7 Å². The minimum atomic E-state index is -0.231. The van der Waals surface area contributed by atoms with E-state index in [-0.39, 0.29) is 18.3 Å². The van der Waals surface area contributed by atoms with E-state index in [2.05, 4.69) is 38.1 Å². The van der Waals surface area contributed by atoms with E-state index < -0.39 is 0 Å². The molecule has 0 atom stereocenters. The molecule has 3 nitrogen and oxygen atoms in total. The Hall–Kier alpha value is -0.900. The van der Waals surface area contributed by atoms with Gasteiger partial charge in [0.1, 0.15) is 0 Å². The van der Waals surface area contributed by atoms with Crippen LogP contribution in [0.25, 0.3) is 0 Å². The van der Waals surface area contributed by atoms with Gasteiger partial charge in [0.15, 0.2) is 6.29 Å². The maximum Gasteiger partial charge on any atom is 0.183 e. The van der Waals surface area contributed by atoms with E-state index in [9.17, 15) is 0 Å². The van der Waals surface area contributed by atoms with Gasteiger partial charge in [-0.25, -0.2) is 0 Å². The fraction of sp³-hybridized carbons (Fsp3) is 0.625. The molecule has 0 saturated carbocycles. The van der Waals surface area contributed by atoms with Crippen LogP contribution in [0.2, 0.25) is 0 Å². The Kier molecular flexibility index (Phi) is 4.97. The Morgan fingerprint density at radius 3 is 2.63 bits per heavy atom. The monoisotopic (exact) mass is 264 g/mol. The molecular weight excluding hydrogens is 240 g/mol. The first-order valence-electron chi connectivity index (χ1n) is 7.04. The maximum absolute atomic E-state index is 8.81. The third kappa shape index (κ3) is 4.30. The van der Waals surface area contributed by atoms with E-state index in [0.29, 0.717) is 0 Å². The lowest BCUT2D eigenvalue weighted by Gasteiger charge is -2.34. The zero-order valence-corrected chi connectivity index (χ0v) is 11.9. The lowest BCUT2D eigenvalue weighted by atomic mass is 9.95. The predicted molar refractivity (Wildman–Crippen MR) is 74.9 cm³/mol. The summed E-state index contributed by atoms with van der Waals surface area (Å²) in [6, 6.07) is 8.38. The summed E-state index contributed by atoms with van der Waals surface area (Å²) in [5, 5.41) is 8.81. The SMILES string of the molecule is CC1(C)COC(c2cccc(CCCCO)c2)OC1. The van der Waals surface area contributed by atoms with E-state index >= 15 is 0 Å². The molecule has 1 aromatic carbocycles. The van der Waals surface area contributed by atoms with Gasteiger partial charge in [-0.15, -0.1) is 0 Å². The molecule has 1 aliphatic rings. The van der Waals surface area contributed by atoms with Crippen LogP contribution in [0, 0.1) is 5.41 Å². The molecule has 1 fully saturated rings. The molecule has 0 unspecified atom stereocenters. The van der Waals surface area contributed by atoms with Gasteiger partial charge in [0.05, 0.1) is 13.2 Å². The van der Waals surface area contributed by atoms with Crippen LogP contribution in [0.3, 0.4) is 0 Å². The van der Waals surface area contributed by atoms with Gasteiger partial charge in [0, 0.05) is 17.6 Å². The van der Waals surface area contributed by atoms with Crippen molar-refractivity contribution in [2.24, 2.45) is 5.41 Å². The summed E-state index contributed by atoms with van der Waals surface area (Å²) in [6.45, 7) is 6.02. The number of rotatable bonds is 5. The molecule has 1 N–H and O–H groups in total. The number of aliphatic hydroxyl groups excluding tert-OH is 1. The second-order valence-corrected chi connectivity index (χ2v) is 6.04. The van der Waals surface area contributed by atoms with Crippen molar-refractivity contribution in [3.05, 3.63) is 35.4 Å². The first kappa shape index (κ1) is 14.5. The highest BCUT2D eigenvalue weighted by Gasteiger charge is 2.29. The number of unbranched alkanes of at least 4 members (excludes halogenated alkanes) is 1. The number of ether oxygens (including phenoxy) is 2. The highest BCUT2D eigenvalue weighted by molar-refractivity contribution is 5.24. The normalized spacial score (nSPS) is 19.5. The average molecular weight is 264 g/mol. The van der Waals surface area contributed by atoms with Gasteiger partial charge >= 0.3 is 0 Å². The van der Waals surface area contributed by atoms with Crippen molar-refractivity contribution < 1.29 is 14.6 Å². The quantitative estimate of drug-likeness (QED) is 0.831. The van der Waals surface area contributed by atoms with E-state index in [0.717, 1.165) is 38.0 Å². The predicted octanol–water partition coefficient (Wildman–Crippen LogP) is 3.07. The van der Waals surface area contributed by atoms with Gasteiger partial charge in [0.25, 0.3) is 0 Å². The summed E-state index contributed by atoms with van der Waals surface area (Å²) in [4.78, 5) is 0. The molecule has 1 saturated heterocycles. The summed E-state index contributed by atoms with van der Waals surface area (Å²) in [5.74, 6) is 0. The molecule has 3 heteroatoms. The highest BCUT2D eigenvalue weighted by atomic mass is 16.7. The van der Waals surface area contributed by atoms with Crippen LogP contribution >= 0.6 is 0 Å². The highest BCUT2D eigenvalue weighted by Crippen LogP contribution is 2.31. The van der Waals surface area contributed by atoms with Crippen LogP contribution in [-0.2, 0) is 15.9 Å². The standard InChI is InChI=1S/C16H24O3/c1-16(2)11-18-15(19-12-16)14-8-5-7-13(10-14)6-3-4-9-17/h5,7-8,10,15,17H,3-4,6,9,11-12H2,1-2H3. The minimum absolute atomic E-state index is 0.106. The smallest absolute Gasteiger partial charge is 0.183 e. The van der Waals surface area contributed by atoms with Crippen LogP contribution in [0.15, 0.2) is 24.3 Å². The largest absolute Gasteiger partial charge is 0.396 e. The lowest BCUT2D eigenvalue weighted by Crippen LogP contribution is -2.33. The molecule has 2 rings (SSSR count). The van der Waals surface area contributed by atoms with Crippen LogP contribution in [-0.4, -0.2) is 24.9 Å². The van der Waals surface area contributed by atoms with Gasteiger partial charge < -0.3 is 14.6 Å². The van der Waals surface area contributed by atoms with Crippen molar-refractivity contribution in [2.75, 3.05) is 19.8 Å². The first-order chi connectivity index (χ1) is 9.11. The molecule has 0 aliphatic carbocycles. The molecule has 1 aromatic rings. The van der Waals surface area contributed by atoms with Gasteiger partial charge in [0.2, 0.25) is 0 Å². The molecule has 19 heavy (non-hydrogen) atoms. The first-order valence-corrected chi connectivity index (χ1v) is 7.04. The second-order valence-electron chi connectivity index (χ2n) is 6.04. The number of hydrogen-bond acceptors (Lipinski definition) is 3. The van der Waals surface area contributed by atoms with E-state index in [4.69, 9.17) is 14.6 Å². The average Bonchev–Trinajstić information content (AvgIpc) is 2.39. The molecule has 1 aliphatic heterocycles. The molecule has 0 aromatic heterocycles. The number of aryl methyl sites for hydroxylation is 1. The Balaban J connectivity index is 1.95. The van der Waals surface area contributed by atoms with E-state index in [1.54, 1.807) is 0 Å². The maximum atomic E-state index is 8.81. The fourth-order valence-electron chi connectivity index (χ4n) is 2.22. The number of aliphatic hydroxyl groups is 1. The zero-order valence-electron chi connectivity index (χ0n) is 11.9. The molecule has 0 bridgehead atoms. The summed E-state index contributed by atoms with van der Waals surface area (Å²) >= 11 is 0. The Morgan fingerprint density at radius 1 is 1.21 bits per heavy atom. The summed E-state index contributed by atoms with van der Waals surface area (Å²) < 4.78 is 11.6. The van der Waals surface area contributed by atoms with Crippen LogP contribution in [0.4, 0.5) is 0 Å². The molecule has 0 spiro atoms. The summed E-state index contributed by atoms with van der Waals surface area (Å²) in [6.07, 6.45) is 2.63. The third-order valence-electron chi connectivity index (χ3n) is 3.35. The lowest BCUT2D eigenvalue weighted by molar-refractivity contribution is -0.226. The summed E-state index contributed by atoms with van der Waals surface area (Å²) in [7, 11) is 0. The van der Waals surface area contributed by atoms with E-state index in [1.165, 1.54) is 5.56 Å². The molecule has 0 amide bonds. The van der Waals surface area contributed by atoms with Crippen molar-refractivity contribution >= 4 is 0 Å². The van der Waals surface area contributed by atoms with Crippen LogP contribution in [0.5, 0.6) is 0 Å². The van der Waals surface area contributed by atoms with Crippen LogP contribution in [0.1, 0.15) is 44.1 Å². The van der Waals surface area contributed by atoms with Gasteiger partial charge in [-0.1, -0.05) is 38.1 Å². The molecule has 0 radical (unpaired) electrons. The Labute approximate surface area is 115 Å². The molecule has 1 heterocycles. The Bertz CT molecular complexity index is 391. The van der Waals surface area contributed by atoms with Gasteiger partial charge in [-0.2, -0.15) is 0 Å². The van der Waals surface area contributed by atoms with Crippen molar-refractivity contribution in [3.8, 4) is 0 Å². The minimum Gasteiger partial charge on any atom is -0.396 e. The van der Waals surface area contributed by atoms with E-state index in [1.807, 2.05) is 0 Å². The van der Waals surface area contributed by atoms with Crippen molar-refractivity contribution in [3.63, 3.8) is 0 Å². The van der Waals surface area contributed by atoms with Crippen molar-refractivity contribution in [1.82, 2.24) is 0 Å². The van der Waals surface area contributed by atoms with Crippen molar-refractivity contribution in [1.29, 1.82) is 0 Å². The fourth-order valence-corrected chi connectivity index (χ4v) is 2.22. The third-order valence-corrected chi connectivity index (χ3v) is 3.35. The van der Waals surface area contributed by atoms with Crippen LogP contribution < -0.4 is 0 Å². The summed E-state index contributed by atoms with van der Waals surface area (Å²) in [5.41, 5.74) is 2.48. The second kappa shape index (κ2) is 6.51.